The third-order valence-corrected chi connectivity index (χ3v) is 6.89. The molecule has 2 aliphatic rings. The third-order valence-electron chi connectivity index (χ3n) is 5.45. The maximum absolute atomic E-state index is 12.6. The van der Waals surface area contributed by atoms with Crippen LogP contribution in [-0.2, 0) is 19.6 Å². The van der Waals surface area contributed by atoms with Crippen molar-refractivity contribution in [1.29, 1.82) is 0 Å². The Bertz CT molecular complexity index is 787. The average Bonchev–Trinajstić information content (AvgIpc) is 3.21. The Kier molecular flexibility index (Phi) is 6.34. The van der Waals surface area contributed by atoms with Gasteiger partial charge in [0, 0.05) is 24.8 Å². The first-order valence-electron chi connectivity index (χ1n) is 9.47. The molecule has 0 amide bonds. The van der Waals surface area contributed by atoms with Crippen LogP contribution < -0.4 is 4.72 Å². The molecule has 1 aromatic carbocycles. The van der Waals surface area contributed by atoms with E-state index in [9.17, 15) is 13.2 Å². The molecular formula is C20H27NO5S. The monoisotopic (exact) mass is 393 g/mol. The molecule has 0 aromatic heterocycles. The molecule has 2 bridgehead atoms. The van der Waals surface area contributed by atoms with E-state index in [1.54, 1.807) is 24.3 Å². The normalized spacial score (nSPS) is 27.4. The third kappa shape index (κ3) is 4.97. The topological polar surface area (TPSA) is 92.7 Å². The Morgan fingerprint density at radius 2 is 1.96 bits per heavy atom. The van der Waals surface area contributed by atoms with Crippen LogP contribution in [0.2, 0.25) is 0 Å². The second-order valence-corrected chi connectivity index (χ2v) is 9.18. The van der Waals surface area contributed by atoms with E-state index >= 15 is 0 Å². The highest BCUT2D eigenvalue weighted by molar-refractivity contribution is 7.89. The molecule has 0 aliphatic carbocycles. The standard InChI is InChI=1S/C20H27NO5S/c1-14-7-9-15(10-8-14)27(24,25)21-13-17-16(18-11-12-19(17)26-18)5-3-2-4-6-20(22)23/h3,5,7-10,16-19,21H,2,4,6,11-13H2,1H3,(H,22,23). The number of allylic oxidation sites excluding steroid dienone is 1. The molecule has 0 radical (unpaired) electrons. The number of rotatable bonds is 9. The van der Waals surface area contributed by atoms with Gasteiger partial charge in [0.25, 0.3) is 0 Å². The fraction of sp³-hybridized carbons (Fsp3) is 0.550. The van der Waals surface area contributed by atoms with E-state index in [0.29, 0.717) is 19.4 Å². The van der Waals surface area contributed by atoms with Crippen LogP contribution in [0.25, 0.3) is 0 Å². The largest absolute Gasteiger partial charge is 0.481 e. The summed E-state index contributed by atoms with van der Waals surface area (Å²) >= 11 is 0. The minimum Gasteiger partial charge on any atom is -0.481 e. The summed E-state index contributed by atoms with van der Waals surface area (Å²) in [7, 11) is -3.54. The van der Waals surface area contributed by atoms with Gasteiger partial charge in [-0.3, -0.25) is 4.79 Å². The van der Waals surface area contributed by atoms with Gasteiger partial charge in [0.1, 0.15) is 0 Å². The van der Waals surface area contributed by atoms with Crippen LogP contribution in [0.15, 0.2) is 41.3 Å². The van der Waals surface area contributed by atoms with E-state index in [1.165, 1.54) is 0 Å². The summed E-state index contributed by atoms with van der Waals surface area (Å²) in [5.74, 6) is -0.496. The van der Waals surface area contributed by atoms with Crippen LogP contribution >= 0.6 is 0 Å². The van der Waals surface area contributed by atoms with Gasteiger partial charge in [-0.05, 0) is 44.7 Å². The molecule has 148 valence electrons. The lowest BCUT2D eigenvalue weighted by Gasteiger charge is -2.26. The van der Waals surface area contributed by atoms with Crippen LogP contribution in [0.1, 0.15) is 37.7 Å². The fourth-order valence-electron chi connectivity index (χ4n) is 3.98. The lowest BCUT2D eigenvalue weighted by Crippen LogP contribution is -2.37. The molecule has 4 unspecified atom stereocenters. The van der Waals surface area contributed by atoms with Gasteiger partial charge in [-0.15, -0.1) is 0 Å². The molecular weight excluding hydrogens is 366 g/mol. The molecule has 4 atom stereocenters. The molecule has 1 aromatic rings. The van der Waals surface area contributed by atoms with Gasteiger partial charge in [-0.25, -0.2) is 13.1 Å². The predicted octanol–water partition coefficient (Wildman–Crippen LogP) is 2.88. The highest BCUT2D eigenvalue weighted by Gasteiger charge is 2.47. The molecule has 2 N–H and O–H groups in total. The maximum Gasteiger partial charge on any atom is 0.303 e. The van der Waals surface area contributed by atoms with E-state index in [1.807, 2.05) is 13.0 Å². The summed E-state index contributed by atoms with van der Waals surface area (Å²) in [4.78, 5) is 10.9. The summed E-state index contributed by atoms with van der Waals surface area (Å²) in [6.45, 7) is 2.27. The zero-order chi connectivity index (χ0) is 19.4. The summed E-state index contributed by atoms with van der Waals surface area (Å²) < 4.78 is 33.8. The lowest BCUT2D eigenvalue weighted by atomic mass is 9.79. The number of sulfonamides is 1. The Labute approximate surface area is 160 Å². The zero-order valence-electron chi connectivity index (χ0n) is 15.5. The van der Waals surface area contributed by atoms with E-state index in [0.717, 1.165) is 18.4 Å². The van der Waals surface area contributed by atoms with Crippen molar-refractivity contribution in [2.75, 3.05) is 6.54 Å². The van der Waals surface area contributed by atoms with Crippen LogP contribution in [0.5, 0.6) is 0 Å². The van der Waals surface area contributed by atoms with E-state index in [-0.39, 0.29) is 35.4 Å². The number of fused-ring (bicyclic) bond motifs is 2. The van der Waals surface area contributed by atoms with Crippen LogP contribution in [0, 0.1) is 18.8 Å². The first kappa shape index (κ1) is 20.0. The molecule has 2 fully saturated rings. The van der Waals surface area contributed by atoms with E-state index in [4.69, 9.17) is 9.84 Å². The number of carbonyl (C=O) groups is 1. The van der Waals surface area contributed by atoms with Crippen molar-refractivity contribution in [3.8, 4) is 0 Å². The first-order chi connectivity index (χ1) is 12.9. The summed E-state index contributed by atoms with van der Waals surface area (Å²) in [5.41, 5.74) is 1.02. The van der Waals surface area contributed by atoms with Gasteiger partial charge in [0.2, 0.25) is 10.0 Å². The minimum absolute atomic E-state index is 0.0874. The van der Waals surface area contributed by atoms with Gasteiger partial charge in [0.15, 0.2) is 0 Å². The van der Waals surface area contributed by atoms with Crippen molar-refractivity contribution in [2.45, 2.75) is 56.1 Å². The number of aryl methyl sites for hydroxylation is 1. The molecule has 2 aliphatic heterocycles. The molecule has 0 saturated carbocycles. The Balaban J connectivity index is 1.59. The van der Waals surface area contributed by atoms with Crippen molar-refractivity contribution in [3.05, 3.63) is 42.0 Å². The smallest absolute Gasteiger partial charge is 0.303 e. The quantitative estimate of drug-likeness (QED) is 0.497. The molecule has 7 heteroatoms. The first-order valence-corrected chi connectivity index (χ1v) is 11.0. The lowest BCUT2D eigenvalue weighted by molar-refractivity contribution is -0.137. The molecule has 3 rings (SSSR count). The van der Waals surface area contributed by atoms with Crippen molar-refractivity contribution in [2.24, 2.45) is 11.8 Å². The van der Waals surface area contributed by atoms with E-state index < -0.39 is 16.0 Å². The highest BCUT2D eigenvalue weighted by Crippen LogP contribution is 2.44. The number of carboxylic acid groups (broad SMARTS) is 1. The van der Waals surface area contributed by atoms with Crippen LogP contribution in [-0.4, -0.2) is 38.2 Å². The highest BCUT2D eigenvalue weighted by atomic mass is 32.2. The number of benzene rings is 1. The Hall–Kier alpha value is -1.70. The number of aliphatic carboxylic acids is 1. The summed E-state index contributed by atoms with van der Waals surface area (Å²) in [6.07, 6.45) is 7.78. The second-order valence-electron chi connectivity index (χ2n) is 7.41. The molecule has 2 saturated heterocycles. The van der Waals surface area contributed by atoms with Crippen LogP contribution in [0.4, 0.5) is 0 Å². The predicted molar refractivity (Wildman–Crippen MR) is 102 cm³/mol. The minimum atomic E-state index is -3.54. The van der Waals surface area contributed by atoms with Crippen LogP contribution in [0.3, 0.4) is 0 Å². The molecule has 27 heavy (non-hydrogen) atoms. The number of carboxylic acids is 1. The van der Waals surface area contributed by atoms with Crippen molar-refractivity contribution < 1.29 is 23.1 Å². The maximum atomic E-state index is 12.6. The van der Waals surface area contributed by atoms with Crippen molar-refractivity contribution >= 4 is 16.0 Å². The van der Waals surface area contributed by atoms with Gasteiger partial charge in [-0.2, -0.15) is 0 Å². The van der Waals surface area contributed by atoms with Gasteiger partial charge in [-0.1, -0.05) is 29.8 Å². The number of hydrogen-bond donors (Lipinski definition) is 2. The number of ether oxygens (including phenoxy) is 1. The zero-order valence-corrected chi connectivity index (χ0v) is 16.3. The number of unbranched alkanes of at least 4 members (excludes halogenated alkanes) is 1. The van der Waals surface area contributed by atoms with Crippen molar-refractivity contribution in [1.82, 2.24) is 4.72 Å². The molecule has 2 heterocycles. The Morgan fingerprint density at radius 3 is 2.67 bits per heavy atom. The van der Waals surface area contributed by atoms with Gasteiger partial charge < -0.3 is 9.84 Å². The van der Waals surface area contributed by atoms with Gasteiger partial charge >= 0.3 is 5.97 Å². The van der Waals surface area contributed by atoms with Gasteiger partial charge in [0.05, 0.1) is 17.1 Å². The molecule has 6 nitrogen and oxygen atoms in total. The Morgan fingerprint density at radius 1 is 1.26 bits per heavy atom. The number of hydrogen-bond acceptors (Lipinski definition) is 4. The fourth-order valence-corrected chi connectivity index (χ4v) is 5.05. The van der Waals surface area contributed by atoms with E-state index in [2.05, 4.69) is 10.8 Å². The average molecular weight is 394 g/mol. The summed E-state index contributed by atoms with van der Waals surface area (Å²) in [6, 6.07) is 6.82. The molecule has 0 spiro atoms. The van der Waals surface area contributed by atoms with Crippen molar-refractivity contribution in [3.63, 3.8) is 0 Å². The second kappa shape index (κ2) is 8.54. The number of nitrogens with one attached hydrogen (secondary N) is 1. The SMILES string of the molecule is Cc1ccc(S(=O)(=O)NCC2C3CCC(O3)C2C=CCCCC(=O)O)cc1. The summed E-state index contributed by atoms with van der Waals surface area (Å²) in [5, 5.41) is 8.70.